The predicted octanol–water partition coefficient (Wildman–Crippen LogP) is 4.08. The monoisotopic (exact) mass is 394 g/mol. The highest BCUT2D eigenvalue weighted by Gasteiger charge is 2.19. The largest absolute Gasteiger partial charge is 0.353 e. The van der Waals surface area contributed by atoms with Crippen LogP contribution in [0.1, 0.15) is 68.9 Å². The molecule has 1 saturated carbocycles. The van der Waals surface area contributed by atoms with E-state index in [1.165, 1.54) is 42.7 Å². The second-order valence-corrected chi connectivity index (χ2v) is 9.80. The van der Waals surface area contributed by atoms with E-state index in [0.717, 1.165) is 24.0 Å². The molecule has 5 nitrogen and oxygen atoms in total. The van der Waals surface area contributed by atoms with Crippen LogP contribution in [-0.2, 0) is 14.8 Å². The fraction of sp³-hybridized carbons (Fsp3) is 0.667. The Morgan fingerprint density at radius 1 is 1.04 bits per heavy atom. The molecule has 1 fully saturated rings. The zero-order chi connectivity index (χ0) is 19.9. The van der Waals surface area contributed by atoms with Gasteiger partial charge in [0.1, 0.15) is 0 Å². The molecule has 6 heteroatoms. The van der Waals surface area contributed by atoms with E-state index < -0.39 is 10.0 Å². The maximum atomic E-state index is 12.3. The minimum atomic E-state index is -3.38. The van der Waals surface area contributed by atoms with Gasteiger partial charge in [-0.25, -0.2) is 8.42 Å². The quantitative estimate of drug-likeness (QED) is 0.758. The van der Waals surface area contributed by atoms with Crippen molar-refractivity contribution in [2.45, 2.75) is 77.7 Å². The lowest BCUT2D eigenvalue weighted by molar-refractivity contribution is -0.122. The molecule has 2 rings (SSSR count). The van der Waals surface area contributed by atoms with Gasteiger partial charge >= 0.3 is 0 Å². The first-order valence-corrected chi connectivity index (χ1v) is 12.0. The average Bonchev–Trinajstić information content (AvgIpc) is 2.51. The number of nitrogens with one attached hydrogen (secondary N) is 1. The SMILES string of the molecule is Cc1cc(C)cc(N(CCCC(=O)NC2CCCCCCC2)S(C)(=O)=O)c1. The molecule has 0 aromatic heterocycles. The molecular formula is C21H34N2O3S. The lowest BCUT2D eigenvalue weighted by Gasteiger charge is -2.24. The predicted molar refractivity (Wildman–Crippen MR) is 112 cm³/mol. The maximum Gasteiger partial charge on any atom is 0.232 e. The number of benzene rings is 1. The minimum absolute atomic E-state index is 0.0365. The van der Waals surface area contributed by atoms with E-state index in [1.54, 1.807) is 0 Å². The fourth-order valence-electron chi connectivity index (χ4n) is 3.86. The van der Waals surface area contributed by atoms with Crippen molar-refractivity contribution in [3.05, 3.63) is 29.3 Å². The second kappa shape index (κ2) is 10.1. The van der Waals surface area contributed by atoms with Crippen molar-refractivity contribution in [3.8, 4) is 0 Å². The molecule has 0 radical (unpaired) electrons. The summed E-state index contributed by atoms with van der Waals surface area (Å²) < 4.78 is 25.9. The summed E-state index contributed by atoms with van der Waals surface area (Å²) in [6.07, 6.45) is 10.4. The number of carbonyl (C=O) groups is 1. The van der Waals surface area contributed by atoms with Gasteiger partial charge in [0, 0.05) is 19.0 Å². The molecular weight excluding hydrogens is 360 g/mol. The summed E-state index contributed by atoms with van der Waals surface area (Å²) in [6.45, 7) is 4.23. The zero-order valence-electron chi connectivity index (χ0n) is 17.0. The van der Waals surface area contributed by atoms with Crippen LogP contribution in [0.4, 0.5) is 5.69 Å². The number of amides is 1. The van der Waals surface area contributed by atoms with Crippen molar-refractivity contribution in [1.29, 1.82) is 0 Å². The number of rotatable bonds is 7. The van der Waals surface area contributed by atoms with Crippen LogP contribution in [0.5, 0.6) is 0 Å². The van der Waals surface area contributed by atoms with Crippen LogP contribution in [-0.4, -0.2) is 33.2 Å². The number of hydrogen-bond donors (Lipinski definition) is 1. The summed E-state index contributed by atoms with van der Waals surface area (Å²) in [6, 6.07) is 6.06. The fourth-order valence-corrected chi connectivity index (χ4v) is 4.81. The van der Waals surface area contributed by atoms with Gasteiger partial charge in [0.2, 0.25) is 15.9 Å². The number of anilines is 1. The topological polar surface area (TPSA) is 66.5 Å². The van der Waals surface area contributed by atoms with E-state index in [4.69, 9.17) is 0 Å². The molecule has 0 unspecified atom stereocenters. The third-order valence-electron chi connectivity index (χ3n) is 5.13. The maximum absolute atomic E-state index is 12.3. The van der Waals surface area contributed by atoms with Crippen molar-refractivity contribution in [2.24, 2.45) is 0 Å². The number of sulfonamides is 1. The highest BCUT2D eigenvalue weighted by Crippen LogP contribution is 2.22. The van der Waals surface area contributed by atoms with Gasteiger partial charge in [0.15, 0.2) is 0 Å². The van der Waals surface area contributed by atoms with Gasteiger partial charge in [-0.2, -0.15) is 0 Å². The molecule has 0 spiro atoms. The van der Waals surface area contributed by atoms with Gasteiger partial charge in [0.25, 0.3) is 0 Å². The Morgan fingerprint density at radius 3 is 2.15 bits per heavy atom. The van der Waals surface area contributed by atoms with Crippen molar-refractivity contribution >= 4 is 21.6 Å². The van der Waals surface area contributed by atoms with Crippen LogP contribution in [0, 0.1) is 13.8 Å². The standard InChI is InChI=1S/C21H34N2O3S/c1-17-14-18(2)16-20(15-17)23(27(3,25)26)13-9-12-21(24)22-19-10-7-5-4-6-8-11-19/h14-16,19H,4-13H2,1-3H3,(H,22,24). The van der Waals surface area contributed by atoms with Gasteiger partial charge in [-0.05, 0) is 56.4 Å². The van der Waals surface area contributed by atoms with E-state index in [0.29, 0.717) is 25.1 Å². The van der Waals surface area contributed by atoms with E-state index in [-0.39, 0.29) is 11.9 Å². The molecule has 0 saturated heterocycles. The van der Waals surface area contributed by atoms with E-state index >= 15 is 0 Å². The molecule has 1 amide bonds. The first kappa shape index (κ1) is 21.7. The van der Waals surface area contributed by atoms with Crippen LogP contribution in [0.15, 0.2) is 18.2 Å². The molecule has 0 aliphatic heterocycles. The molecule has 1 N–H and O–H groups in total. The van der Waals surface area contributed by atoms with Crippen LogP contribution >= 0.6 is 0 Å². The molecule has 0 bridgehead atoms. The average molecular weight is 395 g/mol. The summed E-state index contributed by atoms with van der Waals surface area (Å²) >= 11 is 0. The van der Waals surface area contributed by atoms with Crippen molar-refractivity contribution in [1.82, 2.24) is 5.32 Å². The number of aryl methyl sites for hydroxylation is 2. The van der Waals surface area contributed by atoms with Gasteiger partial charge < -0.3 is 5.32 Å². The van der Waals surface area contributed by atoms with Crippen molar-refractivity contribution in [2.75, 3.05) is 17.1 Å². The van der Waals surface area contributed by atoms with Crippen LogP contribution < -0.4 is 9.62 Å². The third kappa shape index (κ3) is 7.53. The first-order chi connectivity index (χ1) is 12.8. The molecule has 1 aliphatic rings. The minimum Gasteiger partial charge on any atom is -0.353 e. The van der Waals surface area contributed by atoms with Gasteiger partial charge in [-0.3, -0.25) is 9.10 Å². The summed E-state index contributed by atoms with van der Waals surface area (Å²) in [7, 11) is -3.38. The van der Waals surface area contributed by atoms with Crippen LogP contribution in [0.25, 0.3) is 0 Å². The second-order valence-electron chi connectivity index (χ2n) is 7.89. The molecule has 1 aromatic carbocycles. The Labute approximate surface area is 164 Å². The number of hydrogen-bond acceptors (Lipinski definition) is 3. The van der Waals surface area contributed by atoms with Gasteiger partial charge in [0.05, 0.1) is 11.9 Å². The summed E-state index contributed by atoms with van der Waals surface area (Å²) in [5.41, 5.74) is 2.73. The summed E-state index contributed by atoms with van der Waals surface area (Å²) in [5, 5.41) is 3.15. The Bertz CT molecular complexity index is 703. The molecule has 1 aromatic rings. The number of nitrogens with zero attached hydrogens (tertiary/aromatic N) is 1. The Morgan fingerprint density at radius 2 is 1.59 bits per heavy atom. The normalized spacial score (nSPS) is 16.4. The summed E-state index contributed by atoms with van der Waals surface area (Å²) in [5.74, 6) is 0.0365. The third-order valence-corrected chi connectivity index (χ3v) is 6.32. The first-order valence-electron chi connectivity index (χ1n) is 10.1. The Balaban J connectivity index is 1.90. The van der Waals surface area contributed by atoms with Crippen LogP contribution in [0.2, 0.25) is 0 Å². The molecule has 1 aliphatic carbocycles. The molecule has 0 heterocycles. The lowest BCUT2D eigenvalue weighted by atomic mass is 9.96. The lowest BCUT2D eigenvalue weighted by Crippen LogP contribution is -2.36. The van der Waals surface area contributed by atoms with E-state index in [1.807, 2.05) is 32.0 Å². The van der Waals surface area contributed by atoms with Crippen molar-refractivity contribution in [3.63, 3.8) is 0 Å². The Hall–Kier alpha value is -1.56. The highest BCUT2D eigenvalue weighted by atomic mass is 32.2. The van der Waals surface area contributed by atoms with Gasteiger partial charge in [-0.1, -0.05) is 38.2 Å². The highest BCUT2D eigenvalue weighted by molar-refractivity contribution is 7.92. The molecule has 0 atom stereocenters. The molecule has 152 valence electrons. The van der Waals surface area contributed by atoms with E-state index in [9.17, 15) is 13.2 Å². The van der Waals surface area contributed by atoms with Gasteiger partial charge in [-0.15, -0.1) is 0 Å². The zero-order valence-corrected chi connectivity index (χ0v) is 17.8. The Kier molecular flexibility index (Phi) is 8.14. The van der Waals surface area contributed by atoms with Crippen molar-refractivity contribution < 1.29 is 13.2 Å². The smallest absolute Gasteiger partial charge is 0.232 e. The molecule has 27 heavy (non-hydrogen) atoms. The van der Waals surface area contributed by atoms with Crippen LogP contribution in [0.3, 0.4) is 0 Å². The number of carbonyl (C=O) groups excluding carboxylic acids is 1. The van der Waals surface area contributed by atoms with E-state index in [2.05, 4.69) is 5.32 Å². The summed E-state index contributed by atoms with van der Waals surface area (Å²) in [4.78, 5) is 12.3.